The van der Waals surface area contributed by atoms with Crippen LogP contribution in [0.1, 0.15) is 12.8 Å². The fraction of sp³-hybridized carbons (Fsp3) is 0.429. The van der Waals surface area contributed by atoms with Crippen molar-refractivity contribution in [2.24, 2.45) is 0 Å². The lowest BCUT2D eigenvalue weighted by atomic mass is 10.1. The molecule has 0 N–H and O–H groups in total. The maximum absolute atomic E-state index is 12.8. The number of ether oxygens (including phenoxy) is 2. The molecule has 0 bridgehead atoms. The Kier molecular flexibility index (Phi) is 6.41. The number of hydrogen-bond acceptors (Lipinski definition) is 6. The standard InChI is InChI=1S/C21H24ClN5O4/c1-30-20-23-8-5-18(24-20)31-17-6-9-25(10-7-17)19(28)14-26-11-12-27(21(26)29)16-4-2-3-15(22)13-16/h2-5,8,13,17H,6-7,9-12,14H2,1H3. The zero-order valence-electron chi connectivity index (χ0n) is 17.2. The summed E-state index contributed by atoms with van der Waals surface area (Å²) in [6.45, 7) is 2.26. The van der Waals surface area contributed by atoms with Gasteiger partial charge in [-0.2, -0.15) is 4.98 Å². The monoisotopic (exact) mass is 445 g/mol. The number of urea groups is 1. The average molecular weight is 446 g/mol. The number of benzene rings is 1. The predicted octanol–water partition coefficient (Wildman–Crippen LogP) is 2.45. The van der Waals surface area contributed by atoms with Crippen molar-refractivity contribution in [2.45, 2.75) is 18.9 Å². The molecule has 2 aliphatic rings. The third-order valence-electron chi connectivity index (χ3n) is 5.41. The molecule has 3 amide bonds. The van der Waals surface area contributed by atoms with Crippen LogP contribution in [0, 0.1) is 0 Å². The molecule has 10 heteroatoms. The molecule has 4 rings (SSSR count). The van der Waals surface area contributed by atoms with Gasteiger partial charge in [0, 0.05) is 62.0 Å². The summed E-state index contributed by atoms with van der Waals surface area (Å²) in [6.07, 6.45) is 2.94. The molecule has 9 nitrogen and oxygen atoms in total. The summed E-state index contributed by atoms with van der Waals surface area (Å²) in [6, 6.07) is 8.93. The first-order chi connectivity index (χ1) is 15.0. The quantitative estimate of drug-likeness (QED) is 0.678. The van der Waals surface area contributed by atoms with Gasteiger partial charge in [0.25, 0.3) is 0 Å². The van der Waals surface area contributed by atoms with Crippen LogP contribution in [0.4, 0.5) is 10.5 Å². The van der Waals surface area contributed by atoms with Gasteiger partial charge >= 0.3 is 12.0 Å². The highest BCUT2D eigenvalue weighted by atomic mass is 35.5. The molecular formula is C21H24ClN5O4. The van der Waals surface area contributed by atoms with Crippen molar-refractivity contribution in [1.82, 2.24) is 19.8 Å². The fourth-order valence-corrected chi connectivity index (χ4v) is 3.94. The molecule has 0 spiro atoms. The molecule has 2 aromatic rings. The number of carbonyl (C=O) groups is 2. The first-order valence-corrected chi connectivity index (χ1v) is 10.5. The molecule has 2 aliphatic heterocycles. The van der Waals surface area contributed by atoms with E-state index in [9.17, 15) is 9.59 Å². The van der Waals surface area contributed by atoms with Crippen LogP contribution >= 0.6 is 11.6 Å². The predicted molar refractivity (Wildman–Crippen MR) is 115 cm³/mol. The number of halogens is 1. The molecule has 0 unspecified atom stereocenters. The number of amides is 3. The molecule has 3 heterocycles. The molecular weight excluding hydrogens is 422 g/mol. The minimum absolute atomic E-state index is 0.0320. The van der Waals surface area contributed by atoms with Crippen LogP contribution in [0.2, 0.25) is 5.02 Å². The largest absolute Gasteiger partial charge is 0.474 e. The first-order valence-electron chi connectivity index (χ1n) is 10.2. The molecule has 0 aliphatic carbocycles. The van der Waals surface area contributed by atoms with Crippen LogP contribution in [0.15, 0.2) is 36.5 Å². The van der Waals surface area contributed by atoms with Crippen LogP contribution in [-0.4, -0.2) is 77.6 Å². The minimum Gasteiger partial charge on any atom is -0.474 e. The number of anilines is 1. The van der Waals surface area contributed by atoms with E-state index in [0.717, 1.165) is 5.69 Å². The van der Waals surface area contributed by atoms with Crippen molar-refractivity contribution in [1.29, 1.82) is 0 Å². The van der Waals surface area contributed by atoms with E-state index in [0.29, 0.717) is 49.9 Å². The lowest BCUT2D eigenvalue weighted by Gasteiger charge is -2.32. The Morgan fingerprint density at radius 2 is 2.00 bits per heavy atom. The Hall–Kier alpha value is -3.07. The molecule has 31 heavy (non-hydrogen) atoms. The second kappa shape index (κ2) is 9.38. The Morgan fingerprint density at radius 1 is 1.19 bits per heavy atom. The molecule has 0 radical (unpaired) electrons. The summed E-state index contributed by atoms with van der Waals surface area (Å²) in [5.74, 6) is 0.406. The van der Waals surface area contributed by atoms with Gasteiger partial charge in [-0.25, -0.2) is 9.78 Å². The lowest BCUT2D eigenvalue weighted by molar-refractivity contribution is -0.133. The van der Waals surface area contributed by atoms with E-state index in [1.807, 2.05) is 12.1 Å². The number of piperidine rings is 1. The topological polar surface area (TPSA) is 88.1 Å². The van der Waals surface area contributed by atoms with E-state index in [1.165, 1.54) is 7.11 Å². The van der Waals surface area contributed by atoms with Crippen molar-refractivity contribution in [3.8, 4) is 11.9 Å². The summed E-state index contributed by atoms with van der Waals surface area (Å²) in [7, 11) is 1.50. The number of nitrogens with zero attached hydrogens (tertiary/aromatic N) is 5. The SMILES string of the molecule is COc1nccc(OC2CCN(C(=O)CN3CCN(c4cccc(Cl)c4)C3=O)CC2)n1. The van der Waals surface area contributed by atoms with Crippen LogP contribution < -0.4 is 14.4 Å². The molecule has 0 saturated carbocycles. The van der Waals surface area contributed by atoms with Crippen molar-refractivity contribution in [2.75, 3.05) is 44.7 Å². The Bertz CT molecular complexity index is 951. The summed E-state index contributed by atoms with van der Waals surface area (Å²) in [5.41, 5.74) is 0.742. The molecule has 164 valence electrons. The number of likely N-dealkylation sites (tertiary alicyclic amines) is 1. The molecule has 2 saturated heterocycles. The summed E-state index contributed by atoms with van der Waals surface area (Å²) in [4.78, 5) is 38.6. The highest BCUT2D eigenvalue weighted by molar-refractivity contribution is 6.30. The maximum atomic E-state index is 12.8. The fourth-order valence-electron chi connectivity index (χ4n) is 3.76. The molecule has 1 aromatic heterocycles. The second-order valence-corrected chi connectivity index (χ2v) is 7.85. The van der Waals surface area contributed by atoms with Gasteiger partial charge in [0.1, 0.15) is 12.6 Å². The zero-order chi connectivity index (χ0) is 21.8. The highest BCUT2D eigenvalue weighted by Gasteiger charge is 2.33. The third kappa shape index (κ3) is 4.99. The Labute approximate surface area is 185 Å². The van der Waals surface area contributed by atoms with E-state index < -0.39 is 0 Å². The van der Waals surface area contributed by atoms with Crippen LogP contribution in [0.5, 0.6) is 11.9 Å². The highest BCUT2D eigenvalue weighted by Crippen LogP contribution is 2.24. The molecule has 0 atom stereocenters. The normalized spacial score (nSPS) is 17.2. The molecule has 2 fully saturated rings. The third-order valence-corrected chi connectivity index (χ3v) is 5.65. The van der Waals surface area contributed by atoms with E-state index in [1.54, 1.807) is 39.1 Å². The maximum Gasteiger partial charge on any atom is 0.325 e. The lowest BCUT2D eigenvalue weighted by Crippen LogP contribution is -2.47. The number of methoxy groups -OCH3 is 1. The van der Waals surface area contributed by atoms with Crippen molar-refractivity contribution in [3.63, 3.8) is 0 Å². The van der Waals surface area contributed by atoms with Crippen LogP contribution in [0.25, 0.3) is 0 Å². The number of carbonyl (C=O) groups excluding carboxylic acids is 2. The van der Waals surface area contributed by atoms with Gasteiger partial charge in [0.15, 0.2) is 0 Å². The van der Waals surface area contributed by atoms with E-state index in [2.05, 4.69) is 9.97 Å². The van der Waals surface area contributed by atoms with Crippen molar-refractivity contribution < 1.29 is 19.1 Å². The van der Waals surface area contributed by atoms with Gasteiger partial charge in [0.05, 0.1) is 7.11 Å². The van der Waals surface area contributed by atoms with E-state index >= 15 is 0 Å². The summed E-state index contributed by atoms with van der Waals surface area (Å²) < 4.78 is 10.9. The smallest absolute Gasteiger partial charge is 0.325 e. The second-order valence-electron chi connectivity index (χ2n) is 7.42. The average Bonchev–Trinajstić information content (AvgIpc) is 3.14. The number of rotatable bonds is 6. The Balaban J connectivity index is 1.27. The van der Waals surface area contributed by atoms with E-state index in [-0.39, 0.29) is 30.6 Å². The van der Waals surface area contributed by atoms with Gasteiger partial charge in [-0.3, -0.25) is 9.69 Å². The number of aromatic nitrogens is 2. The summed E-state index contributed by atoms with van der Waals surface area (Å²) >= 11 is 6.04. The van der Waals surface area contributed by atoms with E-state index in [4.69, 9.17) is 21.1 Å². The van der Waals surface area contributed by atoms with Crippen molar-refractivity contribution in [3.05, 3.63) is 41.6 Å². The van der Waals surface area contributed by atoms with Crippen LogP contribution in [0.3, 0.4) is 0 Å². The summed E-state index contributed by atoms with van der Waals surface area (Å²) in [5, 5.41) is 0.574. The Morgan fingerprint density at radius 3 is 2.74 bits per heavy atom. The zero-order valence-corrected chi connectivity index (χ0v) is 18.0. The van der Waals surface area contributed by atoms with Gasteiger partial charge < -0.3 is 19.3 Å². The van der Waals surface area contributed by atoms with Gasteiger partial charge in [-0.15, -0.1) is 0 Å². The first kappa shape index (κ1) is 21.2. The minimum atomic E-state index is -0.174. The number of hydrogen-bond donors (Lipinski definition) is 0. The van der Waals surface area contributed by atoms with Gasteiger partial charge in [-0.1, -0.05) is 17.7 Å². The molecule has 1 aromatic carbocycles. The van der Waals surface area contributed by atoms with Crippen LogP contribution in [-0.2, 0) is 4.79 Å². The van der Waals surface area contributed by atoms with Gasteiger partial charge in [-0.05, 0) is 18.2 Å². The van der Waals surface area contributed by atoms with Crippen molar-refractivity contribution >= 4 is 29.2 Å². The van der Waals surface area contributed by atoms with Gasteiger partial charge in [0.2, 0.25) is 11.8 Å².